The SMILES string of the molecule is CCOc1cccc(-c2nc3nc(Cl)c(CS(=O)(=O)c4ccc(CF)cc4)nc3n2-c2c(OC)cccc2OC)n1. The van der Waals surface area contributed by atoms with Gasteiger partial charge in [0.05, 0.1) is 31.4 Å². The quantitative estimate of drug-likeness (QED) is 0.209. The number of sulfone groups is 1. The van der Waals surface area contributed by atoms with E-state index < -0.39 is 22.3 Å². The van der Waals surface area contributed by atoms with Crippen LogP contribution in [0.25, 0.3) is 28.5 Å². The number of alkyl halides is 1. The van der Waals surface area contributed by atoms with Crippen molar-refractivity contribution in [3.63, 3.8) is 0 Å². The molecule has 0 aliphatic carbocycles. The number of hydrogen-bond donors (Lipinski definition) is 0. The first kappa shape index (κ1) is 28.2. The van der Waals surface area contributed by atoms with Gasteiger partial charge in [0.2, 0.25) is 5.88 Å². The van der Waals surface area contributed by atoms with E-state index in [4.69, 9.17) is 25.8 Å². The highest BCUT2D eigenvalue weighted by Crippen LogP contribution is 2.38. The normalized spacial score (nSPS) is 11.5. The monoisotopic (exact) mass is 597 g/mol. The van der Waals surface area contributed by atoms with Crippen molar-refractivity contribution in [2.45, 2.75) is 24.2 Å². The van der Waals surface area contributed by atoms with Crippen LogP contribution in [-0.4, -0.2) is 53.7 Å². The summed E-state index contributed by atoms with van der Waals surface area (Å²) >= 11 is 6.46. The number of rotatable bonds is 10. The molecule has 0 N–H and O–H groups in total. The van der Waals surface area contributed by atoms with Crippen LogP contribution in [0, 0.1) is 0 Å². The molecule has 0 amide bonds. The number of pyridine rings is 1. The number of para-hydroxylation sites is 1. The van der Waals surface area contributed by atoms with E-state index in [9.17, 15) is 12.8 Å². The van der Waals surface area contributed by atoms with E-state index in [0.717, 1.165) is 0 Å². The van der Waals surface area contributed by atoms with Gasteiger partial charge in [-0.25, -0.2) is 32.7 Å². The van der Waals surface area contributed by atoms with Gasteiger partial charge in [0, 0.05) is 6.07 Å². The Morgan fingerprint density at radius 1 is 0.902 bits per heavy atom. The second kappa shape index (κ2) is 11.7. The second-order valence-electron chi connectivity index (χ2n) is 8.72. The molecule has 3 aromatic heterocycles. The lowest BCUT2D eigenvalue weighted by Gasteiger charge is -2.16. The molecular weight excluding hydrogens is 573 g/mol. The first-order valence-electron chi connectivity index (χ1n) is 12.4. The molecule has 0 saturated carbocycles. The van der Waals surface area contributed by atoms with Crippen LogP contribution in [0.15, 0.2) is 65.6 Å². The van der Waals surface area contributed by atoms with E-state index in [0.29, 0.717) is 46.8 Å². The number of fused-ring (bicyclic) bond motifs is 1. The summed E-state index contributed by atoms with van der Waals surface area (Å²) in [5.74, 6) is 1.03. The molecule has 0 bridgehead atoms. The molecule has 0 saturated heterocycles. The van der Waals surface area contributed by atoms with Gasteiger partial charge in [0.1, 0.15) is 35.3 Å². The van der Waals surface area contributed by atoms with Gasteiger partial charge in [-0.15, -0.1) is 0 Å². The Labute approximate surface area is 240 Å². The molecule has 0 fully saturated rings. The van der Waals surface area contributed by atoms with Gasteiger partial charge in [-0.3, -0.25) is 4.57 Å². The Balaban J connectivity index is 1.74. The van der Waals surface area contributed by atoms with E-state index in [2.05, 4.69) is 19.9 Å². The molecule has 0 radical (unpaired) electrons. The minimum absolute atomic E-state index is 0.00481. The van der Waals surface area contributed by atoms with E-state index in [1.807, 2.05) is 6.92 Å². The molecule has 212 valence electrons. The Morgan fingerprint density at radius 3 is 2.22 bits per heavy atom. The number of halogens is 2. The second-order valence-corrected chi connectivity index (χ2v) is 11.1. The first-order chi connectivity index (χ1) is 19.8. The molecule has 0 aliphatic heterocycles. The van der Waals surface area contributed by atoms with Gasteiger partial charge in [0.25, 0.3) is 0 Å². The lowest BCUT2D eigenvalue weighted by atomic mass is 10.2. The lowest BCUT2D eigenvalue weighted by molar-refractivity contribution is 0.327. The summed E-state index contributed by atoms with van der Waals surface area (Å²) in [4.78, 5) is 18.3. The first-order valence-corrected chi connectivity index (χ1v) is 14.5. The van der Waals surface area contributed by atoms with Gasteiger partial charge < -0.3 is 14.2 Å². The third-order valence-electron chi connectivity index (χ3n) is 6.15. The smallest absolute Gasteiger partial charge is 0.213 e. The van der Waals surface area contributed by atoms with Crippen molar-refractivity contribution in [3.8, 4) is 34.6 Å². The molecule has 41 heavy (non-hydrogen) atoms. The van der Waals surface area contributed by atoms with Crippen molar-refractivity contribution in [3.05, 3.63) is 77.1 Å². The molecule has 0 atom stereocenters. The molecule has 2 aromatic carbocycles. The molecule has 5 aromatic rings. The number of benzene rings is 2. The van der Waals surface area contributed by atoms with E-state index in [-0.39, 0.29) is 27.0 Å². The molecule has 5 rings (SSSR count). The van der Waals surface area contributed by atoms with E-state index in [1.165, 1.54) is 38.5 Å². The van der Waals surface area contributed by atoms with Crippen LogP contribution < -0.4 is 14.2 Å². The van der Waals surface area contributed by atoms with Gasteiger partial charge in [-0.1, -0.05) is 35.9 Å². The average Bonchev–Trinajstić information content (AvgIpc) is 3.34. The van der Waals surface area contributed by atoms with Gasteiger partial charge in [-0.05, 0) is 42.8 Å². The fourth-order valence-corrected chi connectivity index (χ4v) is 5.80. The van der Waals surface area contributed by atoms with Crippen LogP contribution in [0.5, 0.6) is 17.4 Å². The third kappa shape index (κ3) is 5.52. The molecule has 13 heteroatoms. The largest absolute Gasteiger partial charge is 0.494 e. The Morgan fingerprint density at radius 2 is 1.59 bits per heavy atom. The van der Waals surface area contributed by atoms with Crippen LogP contribution >= 0.6 is 11.6 Å². The number of nitrogens with zero attached hydrogens (tertiary/aromatic N) is 5. The highest BCUT2D eigenvalue weighted by molar-refractivity contribution is 7.90. The maximum absolute atomic E-state index is 13.3. The number of hydrogen-bond acceptors (Lipinski definition) is 9. The third-order valence-corrected chi connectivity index (χ3v) is 8.10. The van der Waals surface area contributed by atoms with Crippen LogP contribution in [-0.2, 0) is 22.3 Å². The van der Waals surface area contributed by atoms with Crippen molar-refractivity contribution >= 4 is 32.7 Å². The molecule has 0 aliphatic rings. The minimum Gasteiger partial charge on any atom is -0.494 e. The van der Waals surface area contributed by atoms with Crippen molar-refractivity contribution in [1.82, 2.24) is 24.5 Å². The number of imidazole rings is 1. The van der Waals surface area contributed by atoms with Gasteiger partial charge in [0.15, 0.2) is 32.1 Å². The summed E-state index contributed by atoms with van der Waals surface area (Å²) in [5.41, 5.74) is 1.61. The topological polar surface area (TPSA) is 118 Å². The van der Waals surface area contributed by atoms with Crippen LogP contribution in [0.1, 0.15) is 18.2 Å². The molecule has 10 nitrogen and oxygen atoms in total. The summed E-state index contributed by atoms with van der Waals surface area (Å²) in [5, 5.41) is -0.124. The van der Waals surface area contributed by atoms with Crippen molar-refractivity contribution in [1.29, 1.82) is 0 Å². The van der Waals surface area contributed by atoms with E-state index in [1.54, 1.807) is 41.0 Å². The fraction of sp³-hybridized carbons (Fsp3) is 0.214. The zero-order chi connectivity index (χ0) is 29.1. The molecule has 0 spiro atoms. The van der Waals surface area contributed by atoms with Crippen LogP contribution in [0.4, 0.5) is 4.39 Å². The summed E-state index contributed by atoms with van der Waals surface area (Å²) in [6.45, 7) is 1.57. The number of aromatic nitrogens is 5. The van der Waals surface area contributed by atoms with Gasteiger partial charge in [-0.2, -0.15) is 0 Å². The minimum atomic E-state index is -3.91. The highest BCUT2D eigenvalue weighted by atomic mass is 35.5. The Hall–Kier alpha value is -4.29. The summed E-state index contributed by atoms with van der Waals surface area (Å²) in [6, 6.07) is 16.0. The van der Waals surface area contributed by atoms with E-state index >= 15 is 0 Å². The Kier molecular flexibility index (Phi) is 8.04. The van der Waals surface area contributed by atoms with Crippen molar-refractivity contribution in [2.24, 2.45) is 0 Å². The number of ether oxygens (including phenoxy) is 3. The summed E-state index contributed by atoms with van der Waals surface area (Å²) in [7, 11) is -0.880. The zero-order valence-corrected chi connectivity index (χ0v) is 23.9. The zero-order valence-electron chi connectivity index (χ0n) is 22.3. The summed E-state index contributed by atoms with van der Waals surface area (Å²) < 4.78 is 58.0. The summed E-state index contributed by atoms with van der Waals surface area (Å²) in [6.07, 6.45) is 0. The van der Waals surface area contributed by atoms with Crippen molar-refractivity contribution < 1.29 is 27.0 Å². The Bertz CT molecular complexity index is 1810. The fourth-order valence-electron chi connectivity index (χ4n) is 4.25. The number of methoxy groups -OCH3 is 2. The predicted octanol–water partition coefficient (Wildman–Crippen LogP) is 5.39. The average molecular weight is 598 g/mol. The lowest BCUT2D eigenvalue weighted by Crippen LogP contribution is -2.10. The van der Waals surface area contributed by atoms with Crippen LogP contribution in [0.3, 0.4) is 0 Å². The maximum Gasteiger partial charge on any atom is 0.213 e. The van der Waals surface area contributed by atoms with Crippen LogP contribution in [0.2, 0.25) is 5.15 Å². The van der Waals surface area contributed by atoms with Crippen molar-refractivity contribution in [2.75, 3.05) is 20.8 Å². The molecular formula is C28H25ClFN5O5S. The maximum atomic E-state index is 13.3. The standard InChI is InChI=1S/C28H25ClFN5O5S/c1-4-40-23-10-5-7-19(31-23)27-34-26-28(35(27)24-21(38-2)8-6-9-22(24)39-3)32-20(25(29)33-26)16-41(36,37)18-13-11-17(15-30)12-14-18/h5-14H,4,15-16H2,1-3H3. The molecule has 0 unspecified atom stereocenters. The highest BCUT2D eigenvalue weighted by Gasteiger charge is 2.26. The molecule has 3 heterocycles. The predicted molar refractivity (Wildman–Crippen MR) is 151 cm³/mol. The van der Waals surface area contributed by atoms with Gasteiger partial charge >= 0.3 is 0 Å².